The normalized spacial score (nSPS) is 29.9. The monoisotopic (exact) mass is 347 g/mol. The zero-order valence-electron chi connectivity index (χ0n) is 15.1. The fraction of sp³-hybridized carbons (Fsp3) is 0.643. The highest BCUT2D eigenvalue weighted by atomic mass is 19.2. The van der Waals surface area contributed by atoms with E-state index in [0.717, 1.165) is 12.3 Å². The van der Waals surface area contributed by atoms with Crippen LogP contribution in [0.25, 0.3) is 0 Å². The summed E-state index contributed by atoms with van der Waals surface area (Å²) in [5.41, 5.74) is 3.86. The van der Waals surface area contributed by atoms with Gasteiger partial charge in [-0.15, -0.1) is 0 Å². The van der Waals surface area contributed by atoms with Gasteiger partial charge >= 0.3 is 11.7 Å². The molecule has 4 atom stereocenters. The molecule has 1 aliphatic rings. The summed E-state index contributed by atoms with van der Waals surface area (Å²) in [7, 11) is 0. The molecule has 1 saturated heterocycles. The summed E-state index contributed by atoms with van der Waals surface area (Å²) in [5.74, 6) is -4.79. The van der Waals surface area contributed by atoms with E-state index in [1.165, 1.54) is 0 Å². The number of ether oxygens (including phenoxy) is 2. The van der Waals surface area contributed by atoms with E-state index in [9.17, 15) is 19.5 Å². The molecule has 9 nitrogen and oxygen atoms in total. The SMILES string of the molecule is [2H]C([2H])(OC(=O)[C@@H](N)C(C)C)[C@]1(F)C[C@@H](O)[C@H](n2ccc(=O)[nH]c2=O)O1. The van der Waals surface area contributed by atoms with Gasteiger partial charge in [0.1, 0.15) is 12.1 Å². The Labute approximate surface area is 139 Å². The quantitative estimate of drug-likeness (QED) is 0.582. The number of esters is 1. The van der Waals surface area contributed by atoms with Gasteiger partial charge in [0.15, 0.2) is 12.8 Å². The Hall–Kier alpha value is -2.04. The second kappa shape index (κ2) is 6.83. The number of nitrogens with zero attached hydrogens (tertiary/aromatic N) is 1. The molecule has 1 aromatic rings. The maximum Gasteiger partial charge on any atom is 0.330 e. The molecule has 1 aromatic heterocycles. The van der Waals surface area contributed by atoms with Crippen LogP contribution >= 0.6 is 0 Å². The molecule has 0 saturated carbocycles. The lowest BCUT2D eigenvalue weighted by Crippen LogP contribution is -2.40. The van der Waals surface area contributed by atoms with Crippen LogP contribution in [0.1, 0.15) is 29.2 Å². The molecule has 4 N–H and O–H groups in total. The topological polar surface area (TPSA) is 137 Å². The molecule has 2 heterocycles. The number of halogens is 1. The average molecular weight is 347 g/mol. The number of alkyl halides is 1. The first-order chi connectivity index (χ1) is 11.9. The lowest BCUT2D eigenvalue weighted by atomic mass is 10.1. The number of nitrogens with two attached hydrogens (primary N) is 1. The van der Waals surface area contributed by atoms with Crippen molar-refractivity contribution in [3.63, 3.8) is 0 Å². The van der Waals surface area contributed by atoms with Gasteiger partial charge in [0.25, 0.3) is 5.56 Å². The Bertz CT molecular complexity index is 797. The van der Waals surface area contributed by atoms with E-state index in [4.69, 9.17) is 13.2 Å². The van der Waals surface area contributed by atoms with Gasteiger partial charge in [0, 0.05) is 18.7 Å². The van der Waals surface area contributed by atoms with Crippen LogP contribution in [0.2, 0.25) is 0 Å². The predicted octanol–water partition coefficient (Wildman–Crippen LogP) is -0.991. The third-order valence-electron chi connectivity index (χ3n) is 3.53. The third-order valence-corrected chi connectivity index (χ3v) is 3.53. The first-order valence-electron chi connectivity index (χ1n) is 8.22. The Morgan fingerprint density at radius 2 is 2.38 bits per heavy atom. The minimum Gasteiger partial charge on any atom is -0.458 e. The summed E-state index contributed by atoms with van der Waals surface area (Å²) in [6.45, 7) is -0.0829. The van der Waals surface area contributed by atoms with Gasteiger partial charge in [0.2, 0.25) is 5.85 Å². The molecule has 10 heteroatoms. The van der Waals surface area contributed by atoms with Crippen LogP contribution in [0.4, 0.5) is 4.39 Å². The first-order valence-corrected chi connectivity index (χ1v) is 7.22. The van der Waals surface area contributed by atoms with Crippen molar-refractivity contribution in [3.05, 3.63) is 33.1 Å². The van der Waals surface area contributed by atoms with E-state index in [-0.39, 0.29) is 5.92 Å². The second-order valence-corrected chi connectivity index (χ2v) is 5.82. The molecule has 0 radical (unpaired) electrons. The molecule has 0 amide bonds. The van der Waals surface area contributed by atoms with Crippen LogP contribution in [0.3, 0.4) is 0 Å². The Kier molecular flexibility index (Phi) is 4.41. The molecular weight excluding hydrogens is 325 g/mol. The van der Waals surface area contributed by atoms with Crippen molar-refractivity contribution in [1.29, 1.82) is 0 Å². The molecule has 134 valence electrons. The summed E-state index contributed by atoms with van der Waals surface area (Å²) in [6.07, 6.45) is -3.22. The van der Waals surface area contributed by atoms with Crippen molar-refractivity contribution in [1.82, 2.24) is 9.55 Å². The second-order valence-electron chi connectivity index (χ2n) is 5.82. The van der Waals surface area contributed by atoms with Crippen LogP contribution in [0.5, 0.6) is 0 Å². The van der Waals surface area contributed by atoms with E-state index >= 15 is 4.39 Å². The summed E-state index contributed by atoms with van der Waals surface area (Å²) in [5, 5.41) is 10.0. The predicted molar refractivity (Wildman–Crippen MR) is 79.7 cm³/mol. The first kappa shape index (κ1) is 15.5. The number of aromatic amines is 1. The van der Waals surface area contributed by atoms with E-state index in [0.29, 0.717) is 4.57 Å². The molecule has 0 bridgehead atoms. The molecule has 0 aromatic carbocycles. The smallest absolute Gasteiger partial charge is 0.330 e. The highest BCUT2D eigenvalue weighted by Crippen LogP contribution is 2.37. The van der Waals surface area contributed by atoms with Gasteiger partial charge in [-0.3, -0.25) is 19.1 Å². The van der Waals surface area contributed by atoms with Crippen LogP contribution < -0.4 is 17.0 Å². The van der Waals surface area contributed by atoms with Crippen molar-refractivity contribution >= 4 is 5.97 Å². The molecule has 0 aliphatic carbocycles. The maximum absolute atomic E-state index is 15.0. The van der Waals surface area contributed by atoms with Crippen molar-refractivity contribution in [2.75, 3.05) is 6.56 Å². The summed E-state index contributed by atoms with van der Waals surface area (Å²) in [4.78, 5) is 36.6. The number of carbonyl (C=O) groups excluding carboxylic acids is 1. The zero-order valence-corrected chi connectivity index (χ0v) is 13.1. The largest absolute Gasteiger partial charge is 0.458 e. The van der Waals surface area contributed by atoms with Gasteiger partial charge in [-0.1, -0.05) is 13.8 Å². The van der Waals surface area contributed by atoms with Gasteiger partial charge in [0.05, 0.1) is 2.74 Å². The maximum atomic E-state index is 15.0. The standard InChI is InChI=1S/C14H20FN3O6/c1-7(2)10(16)12(21)23-6-14(15)5-8(19)11(24-14)18-4-3-9(20)17-13(18)22/h3-4,7-8,10-11,19H,5-6,16H2,1-2H3,(H,17,20,22)/t8-,10+,11-,14+/m1/s1/i6D2. The molecule has 1 aliphatic heterocycles. The summed E-state index contributed by atoms with van der Waals surface area (Å²) < 4.78 is 40.7. The highest BCUT2D eigenvalue weighted by Gasteiger charge is 2.49. The van der Waals surface area contributed by atoms with Gasteiger partial charge in [-0.05, 0) is 5.92 Å². The number of hydrogen-bond acceptors (Lipinski definition) is 7. The lowest BCUT2D eigenvalue weighted by molar-refractivity contribution is -0.196. The minimum absolute atomic E-state index is 0.378. The molecule has 0 spiro atoms. The van der Waals surface area contributed by atoms with Gasteiger partial charge in [-0.2, -0.15) is 0 Å². The number of H-pyrrole nitrogens is 1. The average Bonchev–Trinajstić information content (AvgIpc) is 2.82. The van der Waals surface area contributed by atoms with Crippen molar-refractivity contribution in [2.24, 2.45) is 11.7 Å². The summed E-state index contributed by atoms with van der Waals surface area (Å²) in [6, 6.07) is -0.232. The fourth-order valence-corrected chi connectivity index (χ4v) is 2.09. The van der Waals surface area contributed by atoms with Gasteiger partial charge in [-0.25, -0.2) is 9.18 Å². The van der Waals surface area contributed by atoms with Crippen molar-refractivity contribution in [3.8, 4) is 0 Å². The lowest BCUT2D eigenvalue weighted by Gasteiger charge is -2.22. The van der Waals surface area contributed by atoms with Crippen molar-refractivity contribution in [2.45, 2.75) is 44.5 Å². The number of carbonyl (C=O) groups is 1. The molecule has 1 fully saturated rings. The third kappa shape index (κ3) is 3.89. The highest BCUT2D eigenvalue weighted by molar-refractivity contribution is 5.75. The molecule has 0 unspecified atom stereocenters. The Balaban J connectivity index is 2.25. The number of rotatable bonds is 5. The molecular formula is C14H20FN3O6. The number of aromatic nitrogens is 2. The number of nitrogens with one attached hydrogen (secondary N) is 1. The molecule has 24 heavy (non-hydrogen) atoms. The Morgan fingerprint density at radius 3 is 2.96 bits per heavy atom. The number of hydrogen-bond donors (Lipinski definition) is 3. The fourth-order valence-electron chi connectivity index (χ4n) is 2.09. The van der Waals surface area contributed by atoms with Gasteiger partial charge < -0.3 is 20.3 Å². The zero-order chi connectivity index (χ0) is 19.9. The van der Waals surface area contributed by atoms with E-state index in [1.807, 2.05) is 4.98 Å². The Morgan fingerprint density at radius 1 is 1.71 bits per heavy atom. The number of aliphatic hydroxyl groups is 1. The van der Waals surface area contributed by atoms with Crippen LogP contribution in [-0.2, 0) is 14.3 Å². The van der Waals surface area contributed by atoms with E-state index in [1.54, 1.807) is 13.8 Å². The molecule has 2 rings (SSSR count). The summed E-state index contributed by atoms with van der Waals surface area (Å²) >= 11 is 0. The van der Waals surface area contributed by atoms with Crippen LogP contribution in [0, 0.1) is 5.92 Å². The number of aliphatic hydroxyl groups excluding tert-OH is 1. The minimum atomic E-state index is -3.28. The van der Waals surface area contributed by atoms with Crippen LogP contribution in [0.15, 0.2) is 21.9 Å². The van der Waals surface area contributed by atoms with Crippen molar-refractivity contribution < 1.29 is 26.5 Å². The van der Waals surface area contributed by atoms with E-state index in [2.05, 4.69) is 4.74 Å². The van der Waals surface area contributed by atoms with Crippen LogP contribution in [-0.4, -0.2) is 45.2 Å². The van der Waals surface area contributed by atoms with E-state index < -0.39 is 54.4 Å².